The van der Waals surface area contributed by atoms with Crippen molar-refractivity contribution in [3.63, 3.8) is 0 Å². The Kier molecular flexibility index (Phi) is 4.92. The molecule has 3 rings (SSSR count). The zero-order valence-corrected chi connectivity index (χ0v) is 14.0. The third-order valence-electron chi connectivity index (χ3n) is 4.88. The van der Waals surface area contributed by atoms with E-state index in [0.29, 0.717) is 6.04 Å². The number of thioether (sulfide) groups is 1. The normalized spacial score (nSPS) is 25.5. The second kappa shape index (κ2) is 6.72. The predicted molar refractivity (Wildman–Crippen MR) is 89.9 cm³/mol. The summed E-state index contributed by atoms with van der Waals surface area (Å²) in [6.07, 6.45) is 6.35. The van der Waals surface area contributed by atoms with Gasteiger partial charge in [-0.05, 0) is 63.3 Å². The first-order valence-corrected chi connectivity index (χ1v) is 9.23. The van der Waals surface area contributed by atoms with Crippen LogP contribution in [0.2, 0.25) is 0 Å². The van der Waals surface area contributed by atoms with Gasteiger partial charge in [-0.15, -0.1) is 11.8 Å². The quantitative estimate of drug-likeness (QED) is 0.862. The Balaban J connectivity index is 1.63. The number of hydrogen-bond acceptors (Lipinski definition) is 3. The average molecular weight is 305 g/mol. The van der Waals surface area contributed by atoms with Crippen molar-refractivity contribution in [3.8, 4) is 0 Å². The third-order valence-corrected chi connectivity index (χ3v) is 6.15. The molecule has 2 aliphatic rings. The monoisotopic (exact) mass is 305 g/mol. The minimum Gasteiger partial charge on any atom is -0.375 e. The number of benzene rings is 1. The van der Waals surface area contributed by atoms with Crippen LogP contribution in [0, 0.1) is 0 Å². The fourth-order valence-electron chi connectivity index (χ4n) is 3.48. The van der Waals surface area contributed by atoms with Gasteiger partial charge in [-0.3, -0.25) is 0 Å². The van der Waals surface area contributed by atoms with Crippen molar-refractivity contribution in [2.45, 2.75) is 67.7 Å². The molecule has 21 heavy (non-hydrogen) atoms. The molecule has 1 aliphatic heterocycles. The van der Waals surface area contributed by atoms with Gasteiger partial charge in [-0.2, -0.15) is 0 Å². The molecule has 2 atom stereocenters. The lowest BCUT2D eigenvalue weighted by Gasteiger charge is -2.47. The van der Waals surface area contributed by atoms with Crippen molar-refractivity contribution in [2.75, 3.05) is 13.2 Å². The molecule has 2 unspecified atom stereocenters. The van der Waals surface area contributed by atoms with E-state index in [-0.39, 0.29) is 5.60 Å². The molecule has 1 N–H and O–H groups in total. The van der Waals surface area contributed by atoms with Gasteiger partial charge in [-0.1, -0.05) is 19.1 Å². The molecule has 1 spiro atoms. The van der Waals surface area contributed by atoms with Crippen LogP contribution in [0.1, 0.15) is 57.6 Å². The van der Waals surface area contributed by atoms with Gasteiger partial charge in [0.1, 0.15) is 0 Å². The molecule has 116 valence electrons. The molecule has 1 aromatic carbocycles. The van der Waals surface area contributed by atoms with E-state index in [2.05, 4.69) is 55.2 Å². The van der Waals surface area contributed by atoms with E-state index in [1.165, 1.54) is 42.6 Å². The van der Waals surface area contributed by atoms with Crippen molar-refractivity contribution in [1.82, 2.24) is 5.32 Å². The number of rotatable bonds is 5. The van der Waals surface area contributed by atoms with E-state index in [9.17, 15) is 0 Å². The second-order valence-electron chi connectivity index (χ2n) is 6.47. The molecule has 0 radical (unpaired) electrons. The van der Waals surface area contributed by atoms with E-state index in [0.717, 1.165) is 18.4 Å². The molecule has 1 heterocycles. The first-order valence-electron chi connectivity index (χ1n) is 8.35. The Morgan fingerprint density at radius 3 is 3.00 bits per heavy atom. The van der Waals surface area contributed by atoms with Gasteiger partial charge in [0.2, 0.25) is 0 Å². The molecule has 0 bridgehead atoms. The first-order chi connectivity index (χ1) is 10.2. The number of ether oxygens (including phenoxy) is 1. The maximum absolute atomic E-state index is 6.04. The Bertz CT molecular complexity index is 472. The standard InChI is InChI=1S/C18H27NOS/c1-3-19-14(2)15-6-4-7-16(12-15)21-17-8-11-20-18(13-17)9-5-10-18/h4,6-7,12,14,17,19H,3,5,8-11,13H2,1-2H3. The summed E-state index contributed by atoms with van der Waals surface area (Å²) in [6.45, 7) is 6.37. The Morgan fingerprint density at radius 2 is 2.29 bits per heavy atom. The van der Waals surface area contributed by atoms with Crippen molar-refractivity contribution in [2.24, 2.45) is 0 Å². The van der Waals surface area contributed by atoms with Crippen LogP contribution in [0.25, 0.3) is 0 Å². The Hall–Kier alpha value is -0.510. The lowest BCUT2D eigenvalue weighted by Crippen LogP contribution is -2.46. The summed E-state index contributed by atoms with van der Waals surface area (Å²) in [5.41, 5.74) is 1.65. The summed E-state index contributed by atoms with van der Waals surface area (Å²) in [6, 6.07) is 9.48. The van der Waals surface area contributed by atoms with Crippen LogP contribution in [0.4, 0.5) is 0 Å². The van der Waals surface area contributed by atoms with Crippen molar-refractivity contribution in [1.29, 1.82) is 0 Å². The lowest BCUT2D eigenvalue weighted by atomic mass is 9.75. The average Bonchev–Trinajstić information content (AvgIpc) is 2.46. The van der Waals surface area contributed by atoms with Gasteiger partial charge in [0.15, 0.2) is 0 Å². The SMILES string of the molecule is CCNC(C)c1cccc(SC2CCOC3(CCC3)C2)c1. The van der Waals surface area contributed by atoms with Crippen molar-refractivity contribution in [3.05, 3.63) is 29.8 Å². The molecule has 2 fully saturated rings. The molecule has 3 heteroatoms. The maximum atomic E-state index is 6.04. The van der Waals surface area contributed by atoms with Crippen LogP contribution in [0.5, 0.6) is 0 Å². The van der Waals surface area contributed by atoms with Gasteiger partial charge < -0.3 is 10.1 Å². The van der Waals surface area contributed by atoms with Gasteiger partial charge in [0.05, 0.1) is 5.60 Å². The largest absolute Gasteiger partial charge is 0.375 e. The summed E-state index contributed by atoms with van der Waals surface area (Å²) in [5, 5.41) is 4.22. The minimum absolute atomic E-state index is 0.255. The summed E-state index contributed by atoms with van der Waals surface area (Å²) in [7, 11) is 0. The summed E-state index contributed by atoms with van der Waals surface area (Å²) in [5.74, 6) is 0. The molecule has 1 aromatic rings. The number of hydrogen-bond donors (Lipinski definition) is 1. The zero-order chi connectivity index (χ0) is 14.7. The molecule has 2 nitrogen and oxygen atoms in total. The van der Waals surface area contributed by atoms with Gasteiger partial charge in [0.25, 0.3) is 0 Å². The highest BCUT2D eigenvalue weighted by molar-refractivity contribution is 8.00. The molecule has 1 saturated carbocycles. The van der Waals surface area contributed by atoms with E-state index < -0.39 is 0 Å². The van der Waals surface area contributed by atoms with Gasteiger partial charge in [0, 0.05) is 22.8 Å². The first kappa shape index (κ1) is 15.4. The summed E-state index contributed by atoms with van der Waals surface area (Å²) >= 11 is 2.06. The van der Waals surface area contributed by atoms with E-state index in [1.54, 1.807) is 0 Å². The Labute approximate surface area is 133 Å². The Morgan fingerprint density at radius 1 is 1.43 bits per heavy atom. The van der Waals surface area contributed by atoms with Crippen LogP contribution in [0.3, 0.4) is 0 Å². The van der Waals surface area contributed by atoms with E-state index >= 15 is 0 Å². The van der Waals surface area contributed by atoms with E-state index in [4.69, 9.17) is 4.74 Å². The molecular weight excluding hydrogens is 278 g/mol. The topological polar surface area (TPSA) is 21.3 Å². The second-order valence-corrected chi connectivity index (χ2v) is 7.84. The van der Waals surface area contributed by atoms with Crippen LogP contribution >= 0.6 is 11.8 Å². The highest BCUT2D eigenvalue weighted by atomic mass is 32.2. The highest BCUT2D eigenvalue weighted by Gasteiger charge is 2.42. The van der Waals surface area contributed by atoms with Crippen molar-refractivity contribution < 1.29 is 4.74 Å². The number of nitrogens with one attached hydrogen (secondary N) is 1. The van der Waals surface area contributed by atoms with Gasteiger partial charge >= 0.3 is 0 Å². The molecular formula is C18H27NOS. The molecule has 0 amide bonds. The molecule has 1 saturated heterocycles. The minimum atomic E-state index is 0.255. The smallest absolute Gasteiger partial charge is 0.0693 e. The summed E-state index contributed by atoms with van der Waals surface area (Å²) in [4.78, 5) is 1.42. The highest BCUT2D eigenvalue weighted by Crippen LogP contribution is 2.46. The molecule has 1 aliphatic carbocycles. The lowest BCUT2D eigenvalue weighted by molar-refractivity contribution is -0.125. The van der Waals surface area contributed by atoms with Crippen LogP contribution in [-0.2, 0) is 4.74 Å². The zero-order valence-electron chi connectivity index (χ0n) is 13.2. The molecule has 0 aromatic heterocycles. The van der Waals surface area contributed by atoms with Gasteiger partial charge in [-0.25, -0.2) is 0 Å². The fraction of sp³-hybridized carbons (Fsp3) is 0.667. The fourth-order valence-corrected chi connectivity index (χ4v) is 4.82. The maximum Gasteiger partial charge on any atom is 0.0693 e. The third kappa shape index (κ3) is 3.64. The van der Waals surface area contributed by atoms with Crippen molar-refractivity contribution >= 4 is 11.8 Å². The van der Waals surface area contributed by atoms with Crippen LogP contribution < -0.4 is 5.32 Å². The van der Waals surface area contributed by atoms with E-state index in [1.807, 2.05) is 0 Å². The summed E-state index contributed by atoms with van der Waals surface area (Å²) < 4.78 is 6.04. The van der Waals surface area contributed by atoms with Crippen LogP contribution in [-0.4, -0.2) is 24.0 Å². The van der Waals surface area contributed by atoms with Crippen LogP contribution in [0.15, 0.2) is 29.2 Å². The predicted octanol–water partition coefficient (Wildman–Crippen LogP) is 4.55.